The van der Waals surface area contributed by atoms with Crippen molar-refractivity contribution in [2.45, 2.75) is 6.54 Å². The van der Waals surface area contributed by atoms with Gasteiger partial charge in [-0.1, -0.05) is 42.5 Å². The van der Waals surface area contributed by atoms with E-state index < -0.39 is 0 Å². The number of rotatable bonds is 8. The Labute approximate surface area is 257 Å². The Balaban J connectivity index is 1.44. The molecule has 0 atom stereocenters. The first-order valence-electron chi connectivity index (χ1n) is 13.3. The number of ether oxygens (including phenoxy) is 2. The van der Waals surface area contributed by atoms with Crippen LogP contribution in [0.4, 0.5) is 5.88 Å². The number of benzene rings is 4. The number of hydrogen-bond acceptors (Lipinski definition) is 5. The van der Waals surface area contributed by atoms with Crippen molar-refractivity contribution in [1.29, 1.82) is 5.26 Å². The maximum absolute atomic E-state index is 10.3. The van der Waals surface area contributed by atoms with Crippen LogP contribution in [0.3, 0.4) is 0 Å². The standard InChI is InChI=1S/C35H26IN3O3/c1-40-28-15-9-24(10-16-28)33-31(19-37)35(42-34(33)25-11-17-29(41-2)18-12-25)38-20-26-22-39(32-6-4-3-5-30(26)32)21-23-7-13-27(36)14-8-23/h3-18,20,22H,21H2,1-2H3. The van der Waals surface area contributed by atoms with Crippen molar-refractivity contribution >= 4 is 45.6 Å². The molecule has 0 radical (unpaired) electrons. The molecule has 0 spiro atoms. The summed E-state index contributed by atoms with van der Waals surface area (Å²) in [6.07, 6.45) is 3.87. The second kappa shape index (κ2) is 12.0. The molecule has 0 saturated heterocycles. The summed E-state index contributed by atoms with van der Waals surface area (Å²) in [5.41, 5.74) is 5.95. The van der Waals surface area contributed by atoms with Crippen molar-refractivity contribution in [3.63, 3.8) is 0 Å². The summed E-state index contributed by atoms with van der Waals surface area (Å²) < 4.78 is 20.5. The normalized spacial score (nSPS) is 11.2. The Bertz CT molecular complexity index is 1930. The van der Waals surface area contributed by atoms with Crippen molar-refractivity contribution < 1.29 is 13.9 Å². The van der Waals surface area contributed by atoms with Gasteiger partial charge in [0.15, 0.2) is 0 Å². The summed E-state index contributed by atoms with van der Waals surface area (Å²) in [6.45, 7) is 0.735. The van der Waals surface area contributed by atoms with Gasteiger partial charge in [0.2, 0.25) is 5.88 Å². The van der Waals surface area contributed by atoms with Gasteiger partial charge >= 0.3 is 0 Å². The molecule has 6 rings (SSSR count). The Morgan fingerprint density at radius 3 is 2.14 bits per heavy atom. The summed E-state index contributed by atoms with van der Waals surface area (Å²) in [6, 6.07) is 34.3. The summed E-state index contributed by atoms with van der Waals surface area (Å²) in [4.78, 5) is 4.75. The van der Waals surface area contributed by atoms with Gasteiger partial charge in [-0.2, -0.15) is 5.26 Å². The van der Waals surface area contributed by atoms with Crippen LogP contribution in [0.15, 0.2) is 113 Å². The number of fused-ring (bicyclic) bond motifs is 1. The quantitative estimate of drug-likeness (QED) is 0.121. The largest absolute Gasteiger partial charge is 0.497 e. The summed E-state index contributed by atoms with van der Waals surface area (Å²) in [5, 5.41) is 11.4. The van der Waals surface area contributed by atoms with Crippen molar-refractivity contribution in [1.82, 2.24) is 4.57 Å². The van der Waals surface area contributed by atoms with Crippen LogP contribution in [-0.2, 0) is 6.54 Å². The van der Waals surface area contributed by atoms with E-state index in [4.69, 9.17) is 18.9 Å². The minimum absolute atomic E-state index is 0.253. The lowest BCUT2D eigenvalue weighted by Gasteiger charge is -2.06. The van der Waals surface area contributed by atoms with Crippen LogP contribution in [0.2, 0.25) is 0 Å². The number of nitrogens with zero attached hydrogens (tertiary/aromatic N) is 3. The maximum Gasteiger partial charge on any atom is 0.238 e. The zero-order valence-corrected chi connectivity index (χ0v) is 25.2. The van der Waals surface area contributed by atoms with Gasteiger partial charge in [-0.15, -0.1) is 0 Å². The number of aromatic nitrogens is 1. The fraction of sp³-hybridized carbons (Fsp3) is 0.0857. The fourth-order valence-corrected chi connectivity index (χ4v) is 5.38. The average Bonchev–Trinajstić information content (AvgIpc) is 3.59. The molecule has 2 aromatic heterocycles. The smallest absolute Gasteiger partial charge is 0.238 e. The van der Waals surface area contributed by atoms with Crippen LogP contribution in [0.25, 0.3) is 33.4 Å². The average molecular weight is 664 g/mol. The van der Waals surface area contributed by atoms with Gasteiger partial charge in [0.05, 0.1) is 14.2 Å². The molecular weight excluding hydrogens is 637 g/mol. The number of methoxy groups -OCH3 is 2. The SMILES string of the molecule is COc1ccc(-c2oc(N=Cc3cn(Cc4ccc(I)cc4)c4ccccc34)c(C#N)c2-c2ccc(OC)cc2)cc1. The molecule has 0 amide bonds. The Kier molecular flexibility index (Phi) is 7.80. The second-order valence-corrected chi connectivity index (χ2v) is 10.9. The van der Waals surface area contributed by atoms with E-state index in [-0.39, 0.29) is 5.88 Å². The first-order chi connectivity index (χ1) is 20.6. The molecule has 0 aliphatic heterocycles. The second-order valence-electron chi connectivity index (χ2n) is 9.67. The third-order valence-electron chi connectivity index (χ3n) is 7.14. The molecule has 0 fully saturated rings. The van der Waals surface area contributed by atoms with Gasteiger partial charge in [0, 0.05) is 50.1 Å². The van der Waals surface area contributed by atoms with Crippen LogP contribution in [0, 0.1) is 14.9 Å². The zero-order valence-electron chi connectivity index (χ0n) is 23.0. The van der Waals surface area contributed by atoms with E-state index in [1.807, 2.05) is 60.7 Å². The summed E-state index contributed by atoms with van der Waals surface area (Å²) in [5.74, 6) is 2.28. The van der Waals surface area contributed by atoms with Crippen molar-refractivity contribution in [2.75, 3.05) is 14.2 Å². The minimum Gasteiger partial charge on any atom is -0.497 e. The van der Waals surface area contributed by atoms with Crippen LogP contribution < -0.4 is 9.47 Å². The predicted molar refractivity (Wildman–Crippen MR) is 175 cm³/mol. The van der Waals surface area contributed by atoms with Crippen LogP contribution >= 0.6 is 22.6 Å². The number of furan rings is 1. The molecular formula is C35H26IN3O3. The first-order valence-corrected chi connectivity index (χ1v) is 14.4. The molecule has 2 heterocycles. The molecule has 4 aromatic carbocycles. The van der Waals surface area contributed by atoms with Gasteiger partial charge in [-0.05, 0) is 88.3 Å². The van der Waals surface area contributed by atoms with Gasteiger partial charge in [-0.25, -0.2) is 4.99 Å². The Hall–Kier alpha value is -4.81. The van der Waals surface area contributed by atoms with E-state index >= 15 is 0 Å². The number of nitriles is 1. The molecule has 206 valence electrons. The number of aliphatic imine (C=N–C) groups is 1. The summed E-state index contributed by atoms with van der Waals surface area (Å²) in [7, 11) is 3.25. The van der Waals surface area contributed by atoms with Crippen LogP contribution in [0.5, 0.6) is 11.5 Å². The number of halogens is 1. The summed E-state index contributed by atoms with van der Waals surface area (Å²) >= 11 is 2.32. The number of hydrogen-bond donors (Lipinski definition) is 0. The molecule has 7 heteroatoms. The lowest BCUT2D eigenvalue weighted by Crippen LogP contribution is -1.97. The van der Waals surface area contributed by atoms with Gasteiger partial charge < -0.3 is 18.5 Å². The van der Waals surface area contributed by atoms with E-state index in [2.05, 4.69) is 75.8 Å². The van der Waals surface area contributed by atoms with E-state index in [0.29, 0.717) is 16.9 Å². The predicted octanol–water partition coefficient (Wildman–Crippen LogP) is 8.86. The lowest BCUT2D eigenvalue weighted by molar-refractivity contribution is 0.414. The highest BCUT2D eigenvalue weighted by Crippen LogP contribution is 2.43. The van der Waals surface area contributed by atoms with E-state index in [9.17, 15) is 5.26 Å². The van der Waals surface area contributed by atoms with Gasteiger partial charge in [-0.3, -0.25) is 0 Å². The third kappa shape index (κ3) is 5.41. The maximum atomic E-state index is 10.3. The van der Waals surface area contributed by atoms with E-state index in [0.717, 1.165) is 45.6 Å². The highest BCUT2D eigenvalue weighted by Gasteiger charge is 2.23. The number of para-hydroxylation sites is 1. The van der Waals surface area contributed by atoms with Crippen LogP contribution in [0.1, 0.15) is 16.7 Å². The molecule has 42 heavy (non-hydrogen) atoms. The Morgan fingerprint density at radius 2 is 1.50 bits per heavy atom. The Morgan fingerprint density at radius 1 is 0.857 bits per heavy atom. The van der Waals surface area contributed by atoms with Gasteiger partial charge in [0.25, 0.3) is 0 Å². The van der Waals surface area contributed by atoms with E-state index in [1.165, 1.54) is 9.13 Å². The molecule has 0 N–H and O–H groups in total. The zero-order chi connectivity index (χ0) is 29.1. The van der Waals surface area contributed by atoms with Crippen LogP contribution in [-0.4, -0.2) is 25.0 Å². The first kappa shape index (κ1) is 27.4. The van der Waals surface area contributed by atoms with Crippen molar-refractivity contribution in [2.24, 2.45) is 4.99 Å². The van der Waals surface area contributed by atoms with Crippen molar-refractivity contribution in [3.05, 3.63) is 124 Å². The van der Waals surface area contributed by atoms with Crippen molar-refractivity contribution in [3.8, 4) is 40.0 Å². The molecule has 6 nitrogen and oxygen atoms in total. The highest BCUT2D eigenvalue weighted by molar-refractivity contribution is 14.1. The fourth-order valence-electron chi connectivity index (χ4n) is 5.02. The molecule has 0 unspecified atom stereocenters. The molecule has 6 aromatic rings. The lowest BCUT2D eigenvalue weighted by atomic mass is 9.98. The molecule has 0 saturated carbocycles. The molecule has 0 aliphatic carbocycles. The van der Waals surface area contributed by atoms with E-state index in [1.54, 1.807) is 20.4 Å². The minimum atomic E-state index is 0.253. The third-order valence-corrected chi connectivity index (χ3v) is 7.86. The molecule has 0 aliphatic rings. The molecule has 0 bridgehead atoms. The topological polar surface area (TPSA) is 72.7 Å². The highest BCUT2D eigenvalue weighted by atomic mass is 127. The van der Waals surface area contributed by atoms with Gasteiger partial charge in [0.1, 0.15) is 28.9 Å². The monoisotopic (exact) mass is 663 g/mol.